The Balaban J connectivity index is 2.56. The zero-order valence-corrected chi connectivity index (χ0v) is 10.4. The lowest BCUT2D eigenvalue weighted by Gasteiger charge is -2.11. The van der Waals surface area contributed by atoms with E-state index in [1.165, 1.54) is 6.92 Å². The normalized spacial score (nSPS) is 12.2. The largest absolute Gasteiger partial charge is 0.398 e. The van der Waals surface area contributed by atoms with Gasteiger partial charge in [-0.2, -0.15) is 0 Å². The second-order valence-electron chi connectivity index (χ2n) is 4.14. The van der Waals surface area contributed by atoms with Crippen LogP contribution in [0.15, 0.2) is 18.2 Å². The summed E-state index contributed by atoms with van der Waals surface area (Å²) >= 11 is 0. The highest BCUT2D eigenvalue weighted by Crippen LogP contribution is 2.18. The Morgan fingerprint density at radius 2 is 2.24 bits per heavy atom. The van der Waals surface area contributed by atoms with E-state index in [1.54, 1.807) is 12.1 Å². The fraction of sp³-hybridized carbons (Fsp3) is 0.462. The lowest BCUT2D eigenvalue weighted by molar-refractivity contribution is 0.101. The minimum Gasteiger partial charge on any atom is -0.398 e. The third-order valence-corrected chi connectivity index (χ3v) is 2.71. The molecule has 4 heteroatoms. The van der Waals surface area contributed by atoms with Gasteiger partial charge in [-0.25, -0.2) is 0 Å². The maximum atomic E-state index is 11.2. The first-order valence-electron chi connectivity index (χ1n) is 5.87. The van der Waals surface area contributed by atoms with Gasteiger partial charge in [-0.1, -0.05) is 6.92 Å². The van der Waals surface area contributed by atoms with Gasteiger partial charge in [0.15, 0.2) is 5.78 Å². The van der Waals surface area contributed by atoms with Crippen LogP contribution < -0.4 is 11.1 Å². The lowest BCUT2D eigenvalue weighted by Crippen LogP contribution is -2.12. The number of aliphatic hydroxyl groups excluding tert-OH is 1. The molecule has 1 rings (SSSR count). The fourth-order valence-electron chi connectivity index (χ4n) is 1.58. The molecule has 0 radical (unpaired) electrons. The van der Waals surface area contributed by atoms with Gasteiger partial charge in [-0.05, 0) is 38.0 Å². The second kappa shape index (κ2) is 6.25. The van der Waals surface area contributed by atoms with Gasteiger partial charge in [0.05, 0.1) is 6.10 Å². The summed E-state index contributed by atoms with van der Waals surface area (Å²) in [5.74, 6) is -0.0320. The molecular weight excluding hydrogens is 216 g/mol. The van der Waals surface area contributed by atoms with Crippen LogP contribution in [0.5, 0.6) is 0 Å². The van der Waals surface area contributed by atoms with Crippen molar-refractivity contribution in [3.63, 3.8) is 0 Å². The summed E-state index contributed by atoms with van der Waals surface area (Å²) in [6, 6.07) is 5.29. The molecule has 0 saturated heterocycles. The molecule has 0 heterocycles. The number of carbonyl (C=O) groups is 1. The van der Waals surface area contributed by atoms with Crippen molar-refractivity contribution in [2.45, 2.75) is 32.8 Å². The standard InChI is InChI=1S/C13H20N2O2/c1-3-11(17)6-7-15-10-4-5-12(9(2)16)13(14)8-10/h4-5,8,11,15,17H,3,6-7,14H2,1-2H3. The van der Waals surface area contributed by atoms with E-state index >= 15 is 0 Å². The number of nitrogen functional groups attached to an aromatic ring is 1. The molecule has 1 unspecified atom stereocenters. The van der Waals surface area contributed by atoms with Gasteiger partial charge < -0.3 is 16.2 Å². The molecule has 0 aliphatic heterocycles. The fourth-order valence-corrected chi connectivity index (χ4v) is 1.58. The Hall–Kier alpha value is -1.55. The number of nitrogens with one attached hydrogen (secondary N) is 1. The molecule has 0 aromatic heterocycles. The van der Waals surface area contributed by atoms with Crippen molar-refractivity contribution in [1.82, 2.24) is 0 Å². The van der Waals surface area contributed by atoms with Crippen LogP contribution in [0.3, 0.4) is 0 Å². The summed E-state index contributed by atoms with van der Waals surface area (Å²) in [4.78, 5) is 11.2. The molecule has 17 heavy (non-hydrogen) atoms. The average Bonchev–Trinajstić information content (AvgIpc) is 2.28. The number of hydrogen-bond acceptors (Lipinski definition) is 4. The first-order valence-corrected chi connectivity index (χ1v) is 5.87. The van der Waals surface area contributed by atoms with E-state index in [0.717, 1.165) is 12.1 Å². The number of hydrogen-bond donors (Lipinski definition) is 3. The van der Waals surface area contributed by atoms with Crippen LogP contribution in [-0.2, 0) is 0 Å². The van der Waals surface area contributed by atoms with E-state index in [-0.39, 0.29) is 11.9 Å². The van der Waals surface area contributed by atoms with Crippen LogP contribution >= 0.6 is 0 Å². The van der Waals surface area contributed by atoms with E-state index in [2.05, 4.69) is 5.32 Å². The van der Waals surface area contributed by atoms with Crippen LogP contribution in [0.25, 0.3) is 0 Å². The summed E-state index contributed by atoms with van der Waals surface area (Å²) in [5, 5.41) is 12.6. The highest BCUT2D eigenvalue weighted by atomic mass is 16.3. The Bertz CT molecular complexity index is 391. The molecule has 4 N–H and O–H groups in total. The number of aliphatic hydroxyl groups is 1. The Labute approximate surface area is 102 Å². The molecule has 1 aromatic carbocycles. The first-order chi connectivity index (χ1) is 8.04. The zero-order chi connectivity index (χ0) is 12.8. The monoisotopic (exact) mass is 236 g/mol. The Kier molecular flexibility index (Phi) is 4.97. The van der Waals surface area contributed by atoms with E-state index in [4.69, 9.17) is 5.73 Å². The zero-order valence-electron chi connectivity index (χ0n) is 10.4. The third-order valence-electron chi connectivity index (χ3n) is 2.71. The molecule has 4 nitrogen and oxygen atoms in total. The van der Waals surface area contributed by atoms with Crippen LogP contribution in [0, 0.1) is 0 Å². The summed E-state index contributed by atoms with van der Waals surface area (Å²) in [5.41, 5.74) is 7.67. The quantitative estimate of drug-likeness (QED) is 0.522. The number of anilines is 2. The summed E-state index contributed by atoms with van der Waals surface area (Å²) in [6.07, 6.45) is 1.19. The van der Waals surface area contributed by atoms with Gasteiger partial charge >= 0.3 is 0 Å². The molecule has 0 spiro atoms. The highest BCUT2D eigenvalue weighted by molar-refractivity contribution is 5.99. The molecule has 0 saturated carbocycles. The minimum absolute atomic E-state index is 0.0320. The minimum atomic E-state index is -0.267. The van der Waals surface area contributed by atoms with E-state index in [0.29, 0.717) is 24.2 Å². The first kappa shape index (κ1) is 13.5. The number of carbonyl (C=O) groups excluding carboxylic acids is 1. The molecule has 0 amide bonds. The number of benzene rings is 1. The predicted molar refractivity (Wildman–Crippen MR) is 70.3 cm³/mol. The molecule has 0 fully saturated rings. The predicted octanol–water partition coefficient (Wildman–Crippen LogP) is 2.04. The van der Waals surface area contributed by atoms with Gasteiger partial charge in [0.1, 0.15) is 0 Å². The van der Waals surface area contributed by atoms with E-state index in [1.807, 2.05) is 13.0 Å². The maximum absolute atomic E-state index is 11.2. The van der Waals surface area contributed by atoms with E-state index in [9.17, 15) is 9.90 Å². The van der Waals surface area contributed by atoms with Crippen molar-refractivity contribution in [3.05, 3.63) is 23.8 Å². The van der Waals surface area contributed by atoms with Crippen molar-refractivity contribution in [2.24, 2.45) is 0 Å². The van der Waals surface area contributed by atoms with Gasteiger partial charge in [0, 0.05) is 23.5 Å². The Morgan fingerprint density at radius 1 is 1.53 bits per heavy atom. The summed E-state index contributed by atoms with van der Waals surface area (Å²) in [7, 11) is 0. The van der Waals surface area contributed by atoms with Crippen LogP contribution in [0.2, 0.25) is 0 Å². The Morgan fingerprint density at radius 3 is 2.76 bits per heavy atom. The second-order valence-corrected chi connectivity index (χ2v) is 4.14. The van der Waals surface area contributed by atoms with Gasteiger partial charge in [0.2, 0.25) is 0 Å². The maximum Gasteiger partial charge on any atom is 0.161 e. The van der Waals surface area contributed by atoms with Crippen molar-refractivity contribution >= 4 is 17.2 Å². The summed E-state index contributed by atoms with van der Waals surface area (Å²) in [6.45, 7) is 4.13. The SMILES string of the molecule is CCC(O)CCNc1ccc(C(C)=O)c(N)c1. The highest BCUT2D eigenvalue weighted by Gasteiger charge is 2.05. The number of ketones is 1. The smallest absolute Gasteiger partial charge is 0.161 e. The van der Waals surface area contributed by atoms with Crippen molar-refractivity contribution in [3.8, 4) is 0 Å². The van der Waals surface area contributed by atoms with Crippen molar-refractivity contribution in [1.29, 1.82) is 0 Å². The van der Waals surface area contributed by atoms with Crippen molar-refractivity contribution < 1.29 is 9.90 Å². The van der Waals surface area contributed by atoms with E-state index < -0.39 is 0 Å². The van der Waals surface area contributed by atoms with Gasteiger partial charge in [0.25, 0.3) is 0 Å². The number of nitrogens with two attached hydrogens (primary N) is 1. The van der Waals surface area contributed by atoms with Gasteiger partial charge in [-0.15, -0.1) is 0 Å². The van der Waals surface area contributed by atoms with Crippen molar-refractivity contribution in [2.75, 3.05) is 17.6 Å². The number of Topliss-reactive ketones (excluding diaryl/α,β-unsaturated/α-hetero) is 1. The van der Waals surface area contributed by atoms with Crippen LogP contribution in [-0.4, -0.2) is 23.5 Å². The lowest BCUT2D eigenvalue weighted by atomic mass is 10.1. The topological polar surface area (TPSA) is 75.3 Å². The molecule has 0 bridgehead atoms. The van der Waals surface area contributed by atoms with Crippen LogP contribution in [0.4, 0.5) is 11.4 Å². The third kappa shape index (κ3) is 4.07. The molecule has 1 atom stereocenters. The number of rotatable bonds is 6. The molecule has 0 aliphatic rings. The summed E-state index contributed by atoms with van der Waals surface area (Å²) < 4.78 is 0. The van der Waals surface area contributed by atoms with Crippen LogP contribution in [0.1, 0.15) is 37.0 Å². The van der Waals surface area contributed by atoms with Gasteiger partial charge in [-0.3, -0.25) is 4.79 Å². The average molecular weight is 236 g/mol. The molecule has 94 valence electrons. The molecule has 0 aliphatic carbocycles. The molecule has 1 aromatic rings. The molecular formula is C13H20N2O2.